The summed E-state index contributed by atoms with van der Waals surface area (Å²) in [7, 11) is 6.92. The van der Waals surface area contributed by atoms with Crippen molar-refractivity contribution >= 4 is 28.6 Å². The van der Waals surface area contributed by atoms with Gasteiger partial charge in [0.25, 0.3) is 5.91 Å². The lowest BCUT2D eigenvalue weighted by atomic mass is 10.1. The molecule has 188 valence electrons. The average molecular weight is 482 g/mol. The van der Waals surface area contributed by atoms with Gasteiger partial charge in [-0.25, -0.2) is 4.98 Å². The average Bonchev–Trinajstić information content (AvgIpc) is 2.88. The number of nitrogens with two attached hydrogens (primary N) is 1. The summed E-state index contributed by atoms with van der Waals surface area (Å²) in [5, 5.41) is 10.2. The summed E-state index contributed by atoms with van der Waals surface area (Å²) in [4.78, 5) is 25.5. The number of aromatic nitrogens is 2. The molecule has 0 atom stereocenters. The molecule has 0 unspecified atom stereocenters. The van der Waals surface area contributed by atoms with Gasteiger partial charge >= 0.3 is 0 Å². The normalized spacial score (nSPS) is 10.9. The molecule has 1 aromatic heterocycles. The predicted molar refractivity (Wildman–Crippen MR) is 138 cm³/mol. The van der Waals surface area contributed by atoms with Crippen molar-refractivity contribution in [3.63, 3.8) is 0 Å². The first kappa shape index (κ1) is 26.0. The third-order valence-corrected chi connectivity index (χ3v) is 6.06. The van der Waals surface area contributed by atoms with Crippen LogP contribution in [-0.4, -0.2) is 67.3 Å². The van der Waals surface area contributed by atoms with E-state index in [1.54, 1.807) is 50.4 Å². The van der Waals surface area contributed by atoms with Crippen molar-refractivity contribution in [2.24, 2.45) is 0 Å². The monoisotopic (exact) mass is 481 g/mol. The van der Waals surface area contributed by atoms with Crippen LogP contribution in [0.4, 0.5) is 11.8 Å². The van der Waals surface area contributed by atoms with Crippen LogP contribution in [0.15, 0.2) is 36.4 Å². The summed E-state index contributed by atoms with van der Waals surface area (Å²) in [6, 6.07) is 10.8. The summed E-state index contributed by atoms with van der Waals surface area (Å²) < 4.78 is 10.7. The Bertz CT molecular complexity index is 1150. The standard InChI is InChI=1S/C26H35N5O4/c1-30(25(33)19-12-8-7-11-18(19)17-32)13-9-5-6-10-14-31(2)26-28-21-16-23(35-4)22(34-3)15-20(21)24(27)29-26/h7-8,11-12,15-16,32H,5-6,9-10,13-14,17H2,1-4H3,(H2,27,28,29). The van der Waals surface area contributed by atoms with Crippen LogP contribution in [0, 0.1) is 0 Å². The Kier molecular flexibility index (Phi) is 9.08. The molecule has 0 fully saturated rings. The van der Waals surface area contributed by atoms with Gasteiger partial charge in [-0.05, 0) is 30.5 Å². The van der Waals surface area contributed by atoms with Crippen LogP contribution in [0.5, 0.6) is 11.5 Å². The molecule has 0 saturated carbocycles. The number of unbranched alkanes of at least 4 members (excludes halogenated alkanes) is 3. The van der Waals surface area contributed by atoms with E-state index >= 15 is 0 Å². The molecule has 2 aromatic carbocycles. The Morgan fingerprint density at radius 1 is 0.971 bits per heavy atom. The number of carbonyl (C=O) groups is 1. The summed E-state index contributed by atoms with van der Waals surface area (Å²) in [5.41, 5.74) is 8.11. The third kappa shape index (κ3) is 6.30. The molecule has 0 aliphatic carbocycles. The van der Waals surface area contributed by atoms with E-state index in [2.05, 4.69) is 9.97 Å². The van der Waals surface area contributed by atoms with Crippen LogP contribution >= 0.6 is 0 Å². The molecular weight excluding hydrogens is 446 g/mol. The fourth-order valence-electron chi connectivity index (χ4n) is 3.96. The highest BCUT2D eigenvalue weighted by Gasteiger charge is 2.15. The van der Waals surface area contributed by atoms with Gasteiger partial charge in [0, 0.05) is 44.2 Å². The molecular formula is C26H35N5O4. The molecule has 0 aliphatic rings. The highest BCUT2D eigenvalue weighted by molar-refractivity contribution is 5.95. The van der Waals surface area contributed by atoms with Crippen molar-refractivity contribution in [1.29, 1.82) is 0 Å². The molecule has 0 radical (unpaired) electrons. The number of nitrogen functional groups attached to an aromatic ring is 1. The molecule has 3 aromatic rings. The van der Waals surface area contributed by atoms with Crippen molar-refractivity contribution in [2.45, 2.75) is 32.3 Å². The molecule has 1 heterocycles. The first-order valence-corrected chi connectivity index (χ1v) is 11.7. The van der Waals surface area contributed by atoms with Crippen LogP contribution in [0.2, 0.25) is 0 Å². The number of aliphatic hydroxyl groups excluding tert-OH is 1. The van der Waals surface area contributed by atoms with Gasteiger partial charge in [-0.1, -0.05) is 31.0 Å². The summed E-state index contributed by atoms with van der Waals surface area (Å²) in [6.45, 7) is 1.32. The fraction of sp³-hybridized carbons (Fsp3) is 0.423. The maximum absolute atomic E-state index is 12.7. The van der Waals surface area contributed by atoms with E-state index in [1.165, 1.54) is 0 Å². The molecule has 3 rings (SSSR count). The predicted octanol–water partition coefficient (Wildman–Crippen LogP) is 3.49. The highest BCUT2D eigenvalue weighted by atomic mass is 16.5. The number of fused-ring (bicyclic) bond motifs is 1. The van der Waals surface area contributed by atoms with Gasteiger partial charge in [0.1, 0.15) is 5.82 Å². The van der Waals surface area contributed by atoms with E-state index in [1.807, 2.05) is 24.1 Å². The van der Waals surface area contributed by atoms with Crippen LogP contribution < -0.4 is 20.1 Å². The van der Waals surface area contributed by atoms with Gasteiger partial charge in [-0.3, -0.25) is 4.79 Å². The second kappa shape index (κ2) is 12.2. The number of aliphatic hydroxyl groups is 1. The number of carbonyl (C=O) groups excluding carboxylic acids is 1. The Labute approximate surface area is 206 Å². The molecule has 9 nitrogen and oxygen atoms in total. The van der Waals surface area contributed by atoms with Gasteiger partial charge in [0.2, 0.25) is 5.95 Å². The SMILES string of the molecule is COc1cc2nc(N(C)CCCCCCN(C)C(=O)c3ccccc3CO)nc(N)c2cc1OC. The number of ether oxygens (including phenoxy) is 2. The molecule has 3 N–H and O–H groups in total. The molecule has 0 spiro atoms. The molecule has 35 heavy (non-hydrogen) atoms. The first-order chi connectivity index (χ1) is 16.9. The minimum Gasteiger partial charge on any atom is -0.493 e. The van der Waals surface area contributed by atoms with Crippen LogP contribution in [0.25, 0.3) is 10.9 Å². The number of anilines is 2. The zero-order valence-corrected chi connectivity index (χ0v) is 21.0. The van der Waals surface area contributed by atoms with Gasteiger partial charge in [0.05, 0.1) is 26.3 Å². The Morgan fingerprint density at radius 3 is 2.31 bits per heavy atom. The van der Waals surface area contributed by atoms with Gasteiger partial charge in [-0.2, -0.15) is 4.98 Å². The van der Waals surface area contributed by atoms with Gasteiger partial charge in [-0.15, -0.1) is 0 Å². The van der Waals surface area contributed by atoms with E-state index < -0.39 is 0 Å². The largest absolute Gasteiger partial charge is 0.493 e. The van der Waals surface area contributed by atoms with Gasteiger partial charge in [0.15, 0.2) is 11.5 Å². The number of hydrogen-bond acceptors (Lipinski definition) is 8. The van der Waals surface area contributed by atoms with Crippen molar-refractivity contribution in [3.8, 4) is 11.5 Å². The van der Waals surface area contributed by atoms with Crippen LogP contribution in [0.1, 0.15) is 41.6 Å². The highest BCUT2D eigenvalue weighted by Crippen LogP contribution is 2.34. The molecule has 0 bridgehead atoms. The maximum atomic E-state index is 12.7. The lowest BCUT2D eigenvalue weighted by Crippen LogP contribution is -2.28. The quantitative estimate of drug-likeness (QED) is 0.378. The van der Waals surface area contributed by atoms with Crippen molar-refractivity contribution in [1.82, 2.24) is 14.9 Å². The van der Waals surface area contributed by atoms with E-state index in [-0.39, 0.29) is 12.5 Å². The Hall–Kier alpha value is -3.59. The van der Waals surface area contributed by atoms with E-state index in [0.717, 1.165) is 37.6 Å². The van der Waals surface area contributed by atoms with Gasteiger partial charge < -0.3 is 30.1 Å². The van der Waals surface area contributed by atoms with E-state index in [0.29, 0.717) is 46.5 Å². The number of amides is 1. The lowest BCUT2D eigenvalue weighted by molar-refractivity contribution is 0.0789. The van der Waals surface area contributed by atoms with Crippen molar-refractivity contribution < 1.29 is 19.4 Å². The first-order valence-electron chi connectivity index (χ1n) is 11.7. The minimum atomic E-state index is -0.141. The summed E-state index contributed by atoms with van der Waals surface area (Å²) >= 11 is 0. The van der Waals surface area contributed by atoms with Crippen LogP contribution in [0.3, 0.4) is 0 Å². The number of rotatable bonds is 12. The second-order valence-electron chi connectivity index (χ2n) is 8.51. The smallest absolute Gasteiger partial charge is 0.253 e. The molecule has 9 heteroatoms. The molecule has 0 saturated heterocycles. The molecule has 1 amide bonds. The number of nitrogens with zero attached hydrogens (tertiary/aromatic N) is 4. The number of benzene rings is 2. The lowest BCUT2D eigenvalue weighted by Gasteiger charge is -2.20. The Balaban J connectivity index is 1.48. The van der Waals surface area contributed by atoms with Crippen LogP contribution in [-0.2, 0) is 6.61 Å². The second-order valence-corrected chi connectivity index (χ2v) is 8.51. The summed E-state index contributed by atoms with van der Waals surface area (Å²) in [5.74, 6) is 2.08. The fourth-order valence-corrected chi connectivity index (χ4v) is 3.96. The van der Waals surface area contributed by atoms with Crippen molar-refractivity contribution in [2.75, 3.05) is 52.0 Å². The zero-order chi connectivity index (χ0) is 25.4. The summed E-state index contributed by atoms with van der Waals surface area (Å²) in [6.07, 6.45) is 3.90. The van der Waals surface area contributed by atoms with E-state index in [4.69, 9.17) is 15.2 Å². The third-order valence-electron chi connectivity index (χ3n) is 6.06. The Morgan fingerprint density at radius 2 is 1.63 bits per heavy atom. The molecule has 0 aliphatic heterocycles. The van der Waals surface area contributed by atoms with E-state index in [9.17, 15) is 9.90 Å². The number of methoxy groups -OCH3 is 2. The zero-order valence-electron chi connectivity index (χ0n) is 21.0. The van der Waals surface area contributed by atoms with Crippen molar-refractivity contribution in [3.05, 3.63) is 47.5 Å². The topological polar surface area (TPSA) is 114 Å². The maximum Gasteiger partial charge on any atom is 0.253 e. The number of hydrogen-bond donors (Lipinski definition) is 2. The minimum absolute atomic E-state index is 0.0605.